The molecular weight excluding hydrogens is 655 g/mol. The molecule has 0 aliphatic heterocycles. The summed E-state index contributed by atoms with van der Waals surface area (Å²) in [6, 6.07) is 55.5. The van der Waals surface area contributed by atoms with E-state index in [2.05, 4.69) is 126 Å². The Morgan fingerprint density at radius 1 is 0.458 bits per heavy atom. The quantitative estimate of drug-likeness (QED) is 0.170. The van der Waals surface area contributed by atoms with Crippen molar-refractivity contribution in [3.63, 3.8) is 0 Å². The van der Waals surface area contributed by atoms with Crippen molar-refractivity contribution in [1.82, 2.24) is 4.98 Å². The van der Waals surface area contributed by atoms with E-state index >= 15 is 0 Å². The minimum atomic E-state index is 0.135. The normalized spacial score (nSPS) is 11.8. The summed E-state index contributed by atoms with van der Waals surface area (Å²) in [6.07, 6.45) is 0. The second kappa shape index (κ2) is 10.9. The van der Waals surface area contributed by atoms with Crippen molar-refractivity contribution < 1.29 is 8.83 Å². The summed E-state index contributed by atoms with van der Waals surface area (Å²) in [5, 5.41) is 4.71. The van der Waals surface area contributed by atoms with Gasteiger partial charge >= 0.3 is 283 Å². The van der Waals surface area contributed by atoms with Crippen molar-refractivity contribution in [2.24, 2.45) is 0 Å². The fourth-order valence-electron chi connectivity index (χ4n) is 6.85. The molecule has 0 aliphatic rings. The van der Waals surface area contributed by atoms with E-state index in [1.807, 2.05) is 36.4 Å². The van der Waals surface area contributed by atoms with E-state index in [-0.39, 0.29) is 14.5 Å². The van der Waals surface area contributed by atoms with Crippen LogP contribution in [0.25, 0.3) is 74.9 Å². The standard InChI is InChI=1S/C43H26N2O2Se/c1-2-9-27(10-3-1)28-17-19-29(20-18-28)45(30-22-24-38-35(25-30)32-11-4-6-14-37(32)46-38)31-21-23-33-41(26-31)48-40-16-8-12-34(42(33)40)43-44-36-13-5-7-15-39(36)47-43/h1-26H. The van der Waals surface area contributed by atoms with Crippen LogP contribution in [0.5, 0.6) is 0 Å². The molecule has 0 saturated carbocycles. The van der Waals surface area contributed by atoms with Crippen LogP contribution in [-0.4, -0.2) is 19.5 Å². The van der Waals surface area contributed by atoms with Gasteiger partial charge in [0.15, 0.2) is 0 Å². The van der Waals surface area contributed by atoms with Crippen LogP contribution in [-0.2, 0) is 0 Å². The van der Waals surface area contributed by atoms with E-state index in [9.17, 15) is 0 Å². The summed E-state index contributed by atoms with van der Waals surface area (Å²) in [5.41, 5.74) is 10.2. The zero-order valence-corrected chi connectivity index (χ0v) is 27.3. The molecule has 0 fully saturated rings. The number of hydrogen-bond donors (Lipinski definition) is 0. The van der Waals surface area contributed by atoms with Gasteiger partial charge in [-0.3, -0.25) is 0 Å². The van der Waals surface area contributed by atoms with Crippen LogP contribution in [0.4, 0.5) is 17.1 Å². The Hall–Kier alpha value is -5.87. The molecule has 5 heteroatoms. The molecule has 0 radical (unpaired) electrons. The van der Waals surface area contributed by atoms with Gasteiger partial charge in [0.2, 0.25) is 0 Å². The molecule has 48 heavy (non-hydrogen) atoms. The first-order valence-corrected chi connectivity index (χ1v) is 17.7. The van der Waals surface area contributed by atoms with Crippen LogP contribution in [0.3, 0.4) is 0 Å². The maximum absolute atomic E-state index is 6.25. The van der Waals surface area contributed by atoms with Crippen molar-refractivity contribution in [2.75, 3.05) is 4.90 Å². The zero-order valence-electron chi connectivity index (χ0n) is 25.6. The molecule has 3 aromatic heterocycles. The molecule has 0 aliphatic carbocycles. The van der Waals surface area contributed by atoms with Crippen LogP contribution in [0, 0.1) is 0 Å². The van der Waals surface area contributed by atoms with E-state index in [0.29, 0.717) is 5.89 Å². The van der Waals surface area contributed by atoms with Gasteiger partial charge in [-0.1, -0.05) is 0 Å². The molecular formula is C43H26N2O2Se. The monoisotopic (exact) mass is 682 g/mol. The molecule has 0 amide bonds. The minimum absolute atomic E-state index is 0.135. The van der Waals surface area contributed by atoms with Crippen molar-refractivity contribution in [3.8, 4) is 22.6 Å². The topological polar surface area (TPSA) is 42.4 Å². The van der Waals surface area contributed by atoms with Gasteiger partial charge in [0.05, 0.1) is 0 Å². The maximum atomic E-state index is 6.25. The van der Waals surface area contributed by atoms with Gasteiger partial charge in [-0.05, 0) is 0 Å². The third kappa shape index (κ3) is 4.40. The number of benzene rings is 7. The molecule has 4 nitrogen and oxygen atoms in total. The van der Waals surface area contributed by atoms with E-state index in [0.717, 1.165) is 55.7 Å². The van der Waals surface area contributed by atoms with Crippen LogP contribution in [0.1, 0.15) is 0 Å². The zero-order chi connectivity index (χ0) is 31.6. The van der Waals surface area contributed by atoms with E-state index < -0.39 is 0 Å². The molecule has 0 bridgehead atoms. The van der Waals surface area contributed by atoms with Crippen molar-refractivity contribution in [3.05, 3.63) is 158 Å². The number of para-hydroxylation sites is 3. The molecule has 226 valence electrons. The second-order valence-corrected chi connectivity index (χ2v) is 14.2. The fraction of sp³-hybridized carbons (Fsp3) is 0. The Labute approximate surface area is 281 Å². The molecule has 0 atom stereocenters. The summed E-state index contributed by atoms with van der Waals surface area (Å²) in [6.45, 7) is 0. The van der Waals surface area contributed by atoms with Crippen molar-refractivity contribution in [1.29, 1.82) is 0 Å². The summed E-state index contributed by atoms with van der Waals surface area (Å²) in [4.78, 5) is 7.21. The summed E-state index contributed by atoms with van der Waals surface area (Å²) >= 11 is 0.135. The van der Waals surface area contributed by atoms with Crippen LogP contribution < -0.4 is 4.90 Å². The number of hydrogen-bond acceptors (Lipinski definition) is 4. The van der Waals surface area contributed by atoms with Crippen LogP contribution in [0.2, 0.25) is 0 Å². The number of oxazole rings is 1. The SMILES string of the molecule is c1ccc(-c2ccc(N(c3ccc4c(c3)[se]c3cccc(-c5nc6ccccc6o5)c34)c3ccc4oc5ccccc5c4c3)cc2)cc1. The van der Waals surface area contributed by atoms with Gasteiger partial charge in [0, 0.05) is 0 Å². The van der Waals surface area contributed by atoms with E-state index in [1.165, 1.54) is 30.4 Å². The molecule has 0 N–H and O–H groups in total. The summed E-state index contributed by atoms with van der Waals surface area (Å²) in [5.74, 6) is 0.668. The first-order chi connectivity index (χ1) is 23.8. The second-order valence-electron chi connectivity index (χ2n) is 12.0. The number of fused-ring (bicyclic) bond motifs is 7. The first kappa shape index (κ1) is 27.3. The molecule has 10 aromatic rings. The van der Waals surface area contributed by atoms with Crippen molar-refractivity contribution in [2.45, 2.75) is 0 Å². The number of furan rings is 1. The number of anilines is 3. The van der Waals surface area contributed by atoms with Crippen LogP contribution in [0.15, 0.2) is 167 Å². The van der Waals surface area contributed by atoms with Crippen molar-refractivity contribution >= 4 is 83.9 Å². The third-order valence-electron chi connectivity index (χ3n) is 9.11. The fourth-order valence-corrected chi connectivity index (χ4v) is 9.30. The van der Waals surface area contributed by atoms with Gasteiger partial charge in [-0.15, -0.1) is 0 Å². The average Bonchev–Trinajstić information content (AvgIpc) is 3.85. The van der Waals surface area contributed by atoms with E-state index in [1.54, 1.807) is 0 Å². The Morgan fingerprint density at radius 2 is 1.17 bits per heavy atom. The molecule has 0 saturated heterocycles. The summed E-state index contributed by atoms with van der Waals surface area (Å²) in [7, 11) is 0. The number of rotatable bonds is 5. The molecule has 0 unspecified atom stereocenters. The molecule has 3 heterocycles. The predicted molar refractivity (Wildman–Crippen MR) is 199 cm³/mol. The molecule has 7 aromatic carbocycles. The van der Waals surface area contributed by atoms with Gasteiger partial charge in [-0.25, -0.2) is 0 Å². The number of nitrogens with zero attached hydrogens (tertiary/aromatic N) is 2. The summed E-state index contributed by atoms with van der Waals surface area (Å²) < 4.78 is 15.1. The Morgan fingerprint density at radius 3 is 2.04 bits per heavy atom. The predicted octanol–water partition coefficient (Wildman–Crippen LogP) is 11.9. The Kier molecular flexibility index (Phi) is 6.16. The van der Waals surface area contributed by atoms with Gasteiger partial charge in [0.1, 0.15) is 0 Å². The average molecular weight is 682 g/mol. The van der Waals surface area contributed by atoms with Gasteiger partial charge < -0.3 is 0 Å². The Balaban J connectivity index is 1.15. The Bertz CT molecular complexity index is 2760. The van der Waals surface area contributed by atoms with Gasteiger partial charge in [-0.2, -0.15) is 0 Å². The first-order valence-electron chi connectivity index (χ1n) is 15.9. The van der Waals surface area contributed by atoms with E-state index in [4.69, 9.17) is 13.8 Å². The van der Waals surface area contributed by atoms with Crippen LogP contribution >= 0.6 is 0 Å². The third-order valence-corrected chi connectivity index (χ3v) is 11.5. The van der Waals surface area contributed by atoms with Gasteiger partial charge in [0.25, 0.3) is 0 Å². The number of aromatic nitrogens is 1. The molecule has 0 spiro atoms. The molecule has 10 rings (SSSR count).